The van der Waals surface area contributed by atoms with Crippen molar-refractivity contribution in [2.24, 2.45) is 0 Å². The lowest BCUT2D eigenvalue weighted by Crippen LogP contribution is -2.65. The molecular weight excluding hydrogens is 1180 g/mol. The fraction of sp³-hybridized carbons (Fsp3) is 0.154. The highest BCUT2D eigenvalue weighted by Gasteiger charge is 2.51. The SMILES string of the molecule is CC1(C)CCC(C)(C)c2cc(N3c4ccccc4B4c5cc6c(cc5N(c5ncccn5)c5cc(N7c8ccccc8[Si](C)(C)c8ccccc87)nc3c54)N(c3ncccn3)c3cc(N4c5ccccc5[Si](C)(C)c5ccccc54)nc4c3B6c3ccccc3O4)ccc21. The van der Waals surface area contributed by atoms with E-state index in [-0.39, 0.29) is 24.3 Å². The largest absolute Gasteiger partial charge is 0.440 e. The van der Waals surface area contributed by atoms with Crippen LogP contribution < -0.4 is 82.8 Å². The van der Waals surface area contributed by atoms with Gasteiger partial charge in [0.15, 0.2) is 0 Å². The molecule has 0 saturated heterocycles. The first-order chi connectivity index (χ1) is 45.7. The zero-order chi connectivity index (χ0) is 63.3. The van der Waals surface area contributed by atoms with Gasteiger partial charge in [0, 0.05) is 87.9 Å². The van der Waals surface area contributed by atoms with Gasteiger partial charge in [-0.1, -0.05) is 175 Å². The van der Waals surface area contributed by atoms with Gasteiger partial charge in [0.05, 0.1) is 11.4 Å². The second-order valence-electron chi connectivity index (χ2n) is 28.6. The number of pyridine rings is 2. The second kappa shape index (κ2) is 19.6. The molecule has 1 aliphatic carbocycles. The fourth-order valence-corrected chi connectivity index (χ4v) is 23.1. The van der Waals surface area contributed by atoms with E-state index in [1.54, 1.807) is 0 Å². The first-order valence-corrected chi connectivity index (χ1v) is 38.9. The Balaban J connectivity index is 0.913. The third kappa shape index (κ3) is 7.63. The van der Waals surface area contributed by atoms with Crippen molar-refractivity contribution in [2.45, 2.75) is 77.6 Å². The van der Waals surface area contributed by atoms with E-state index >= 15 is 0 Å². The summed E-state index contributed by atoms with van der Waals surface area (Å²) in [5.41, 5.74) is 19.5. The number of ether oxygens (including phenoxy) is 1. The quantitative estimate of drug-likeness (QED) is 0.153. The van der Waals surface area contributed by atoms with Gasteiger partial charge in [0.1, 0.15) is 39.4 Å². The highest BCUT2D eigenvalue weighted by Crippen LogP contribution is 2.52. The number of hydrogen-bond acceptors (Lipinski definition) is 12. The van der Waals surface area contributed by atoms with Crippen molar-refractivity contribution in [3.63, 3.8) is 0 Å². The van der Waals surface area contributed by atoms with E-state index in [4.69, 9.17) is 34.6 Å². The number of fused-ring (bicyclic) bond motifs is 13. The summed E-state index contributed by atoms with van der Waals surface area (Å²) in [6.45, 7) is 18.9. The number of hydrogen-bond donors (Lipinski definition) is 0. The normalized spacial score (nSPS) is 16.9. The topological polar surface area (TPSA) is 103 Å². The molecule has 6 aliphatic heterocycles. The molecule has 0 radical (unpaired) electrons. The van der Waals surface area contributed by atoms with Gasteiger partial charge in [0.25, 0.3) is 13.4 Å². The van der Waals surface area contributed by atoms with E-state index < -0.39 is 16.1 Å². The zero-order valence-corrected chi connectivity index (χ0v) is 55.8. The Morgan fingerprint density at radius 1 is 0.372 bits per heavy atom. The van der Waals surface area contributed by atoms with Crippen LogP contribution in [0.4, 0.5) is 86.2 Å². The number of aromatic nitrogens is 6. The van der Waals surface area contributed by atoms with E-state index in [9.17, 15) is 0 Å². The molecule has 0 saturated carbocycles. The van der Waals surface area contributed by atoms with Crippen LogP contribution >= 0.6 is 0 Å². The van der Waals surface area contributed by atoms with Gasteiger partial charge < -0.3 is 4.74 Å². The van der Waals surface area contributed by atoms with E-state index in [0.717, 1.165) is 120 Å². The molecule has 94 heavy (non-hydrogen) atoms. The first-order valence-electron chi connectivity index (χ1n) is 32.9. The van der Waals surface area contributed by atoms with Crippen molar-refractivity contribution in [1.82, 2.24) is 29.9 Å². The maximum Gasteiger partial charge on any atom is 0.258 e. The van der Waals surface area contributed by atoms with Crippen LogP contribution in [-0.4, -0.2) is 59.5 Å². The lowest BCUT2D eigenvalue weighted by Gasteiger charge is -2.46. The summed E-state index contributed by atoms with van der Waals surface area (Å²) in [6, 6.07) is 73.8. The van der Waals surface area contributed by atoms with Gasteiger partial charge >= 0.3 is 0 Å². The first kappa shape index (κ1) is 55.2. The molecule has 19 rings (SSSR count). The van der Waals surface area contributed by atoms with Crippen molar-refractivity contribution in [3.8, 4) is 11.6 Å². The van der Waals surface area contributed by atoms with Crippen LogP contribution in [0.1, 0.15) is 51.7 Å². The standard InChI is InChI=1S/C78H65B2N11OSi2/c1-77(2)37-38-78(3,4)50-43-48(35-36-49(50)77)87-55-25-11-9-23-51(55)79-53-44-54-61(45-60(53)90(75-81-39-21-40-82-75)62-46-69(85-73(87)71(62)79)88-56-26-12-17-31-65(56)93(5,6)66-32-18-13-27-57(66)88)91(76-83-41-22-42-84-76)63-47-70(86-74-72(63)80(54)52-24-10-16-30-64(52)92-74)89-58-28-14-19-33-67(58)94(7,8)68-34-20-15-29-59(68)89/h9-36,39-47H,37-38H2,1-8H3. The van der Waals surface area contributed by atoms with Crippen LogP contribution in [0, 0.1) is 0 Å². The minimum Gasteiger partial charge on any atom is -0.440 e. The summed E-state index contributed by atoms with van der Waals surface area (Å²) in [5.74, 6) is 4.76. The van der Waals surface area contributed by atoms with Crippen LogP contribution in [0.5, 0.6) is 11.6 Å². The molecule has 0 atom stereocenters. The summed E-state index contributed by atoms with van der Waals surface area (Å²) < 4.78 is 7.21. The van der Waals surface area contributed by atoms with Crippen molar-refractivity contribution in [2.75, 3.05) is 24.5 Å². The van der Waals surface area contributed by atoms with E-state index in [0.29, 0.717) is 17.8 Å². The molecule has 16 heteroatoms. The Hall–Kier alpha value is -10.4. The highest BCUT2D eigenvalue weighted by atomic mass is 28.3. The second-order valence-corrected chi connectivity index (χ2v) is 37.2. The zero-order valence-electron chi connectivity index (χ0n) is 53.8. The smallest absolute Gasteiger partial charge is 0.258 e. The Labute approximate surface area is 550 Å². The monoisotopic (exact) mass is 1250 g/mol. The van der Waals surface area contributed by atoms with Gasteiger partial charge in [-0.2, -0.15) is 4.98 Å². The van der Waals surface area contributed by atoms with E-state index in [2.05, 4.69) is 266 Å². The Morgan fingerprint density at radius 2 is 0.819 bits per heavy atom. The molecular formula is C78H65B2N11OSi2. The Morgan fingerprint density at radius 3 is 1.36 bits per heavy atom. The number of anilines is 15. The third-order valence-electron chi connectivity index (χ3n) is 21.8. The summed E-state index contributed by atoms with van der Waals surface area (Å²) in [5, 5.41) is 5.42. The molecule has 0 bridgehead atoms. The van der Waals surface area contributed by atoms with Crippen LogP contribution in [0.15, 0.2) is 225 Å². The lowest BCUT2D eigenvalue weighted by molar-refractivity contribution is 0.332. The minimum absolute atomic E-state index is 0.0219. The molecule has 7 aliphatic rings. The molecule has 10 heterocycles. The van der Waals surface area contributed by atoms with E-state index in [1.807, 2.05) is 36.9 Å². The molecule has 0 N–H and O–H groups in total. The minimum atomic E-state index is -2.22. The number of benzene rings is 8. The predicted octanol–water partition coefficient (Wildman–Crippen LogP) is 12.1. The van der Waals surface area contributed by atoms with Crippen LogP contribution in [0.3, 0.4) is 0 Å². The van der Waals surface area contributed by atoms with Crippen LogP contribution in [0.2, 0.25) is 26.2 Å². The van der Waals surface area contributed by atoms with Gasteiger partial charge in [-0.3, -0.25) is 24.5 Å². The van der Waals surface area contributed by atoms with Gasteiger partial charge in [0.2, 0.25) is 17.8 Å². The number of para-hydroxylation sites is 6. The molecule has 12 nitrogen and oxygen atoms in total. The van der Waals surface area contributed by atoms with Gasteiger partial charge in [-0.25, -0.2) is 24.9 Å². The average molecular weight is 1250 g/mol. The molecule has 452 valence electrons. The molecule has 4 aromatic heterocycles. The lowest BCUT2D eigenvalue weighted by atomic mass is 9.31. The van der Waals surface area contributed by atoms with Gasteiger partial charge in [-0.15, -0.1) is 0 Å². The predicted molar refractivity (Wildman–Crippen MR) is 391 cm³/mol. The molecule has 0 amide bonds. The number of rotatable bonds is 5. The number of nitrogens with zero attached hydrogens (tertiary/aromatic N) is 11. The molecule has 12 aromatic rings. The molecule has 0 unspecified atom stereocenters. The Bertz CT molecular complexity index is 5140. The maximum atomic E-state index is 7.21. The van der Waals surface area contributed by atoms with Crippen LogP contribution in [-0.2, 0) is 10.8 Å². The summed E-state index contributed by atoms with van der Waals surface area (Å²) in [7, 11) is -4.38. The van der Waals surface area contributed by atoms with Crippen molar-refractivity contribution >= 4 is 169 Å². The third-order valence-corrected chi connectivity index (χ3v) is 28.9. The summed E-state index contributed by atoms with van der Waals surface area (Å²) in [6.07, 6.45) is 9.61. The molecule has 8 aromatic carbocycles. The maximum absolute atomic E-state index is 7.21. The summed E-state index contributed by atoms with van der Waals surface area (Å²) in [4.78, 5) is 44.5. The fourth-order valence-electron chi connectivity index (χ4n) is 17.1. The molecule has 0 fully saturated rings. The molecule has 0 spiro atoms. The Kier molecular flexibility index (Phi) is 11.5. The van der Waals surface area contributed by atoms with E-state index in [1.165, 1.54) is 37.3 Å². The van der Waals surface area contributed by atoms with Crippen molar-refractivity contribution < 1.29 is 4.74 Å². The van der Waals surface area contributed by atoms with Gasteiger partial charge in [-0.05, 0) is 150 Å². The highest BCUT2D eigenvalue weighted by molar-refractivity contribution is 7.04. The van der Waals surface area contributed by atoms with Crippen molar-refractivity contribution in [1.29, 1.82) is 0 Å². The summed E-state index contributed by atoms with van der Waals surface area (Å²) >= 11 is 0. The van der Waals surface area contributed by atoms with Crippen LogP contribution in [0.25, 0.3) is 0 Å². The average Bonchev–Trinajstić information content (AvgIpc) is 0.686. The van der Waals surface area contributed by atoms with Crippen molar-refractivity contribution in [3.05, 3.63) is 236 Å².